The van der Waals surface area contributed by atoms with E-state index in [0.29, 0.717) is 5.54 Å². The summed E-state index contributed by atoms with van der Waals surface area (Å²) in [6.07, 6.45) is 9.84. The topological polar surface area (TPSA) is 3.24 Å². The maximum absolute atomic E-state index is 2.46. The van der Waals surface area contributed by atoms with Crippen LogP contribution in [0.3, 0.4) is 0 Å². The largest absolute Gasteiger partial charge is 0.302 e. The van der Waals surface area contributed by atoms with Gasteiger partial charge in [-0.05, 0) is 40.8 Å². The standard InChI is InChI=1S/C14H31N/c1-6-7-8-9-10-11-12-13-15(5)14(2,3)4/h6-13H2,1-5H3. The van der Waals surface area contributed by atoms with E-state index >= 15 is 0 Å². The van der Waals surface area contributed by atoms with E-state index in [-0.39, 0.29) is 0 Å². The zero-order chi connectivity index (χ0) is 11.7. The minimum Gasteiger partial charge on any atom is -0.302 e. The highest BCUT2D eigenvalue weighted by Gasteiger charge is 2.15. The summed E-state index contributed by atoms with van der Waals surface area (Å²) in [5, 5.41) is 0. The molecule has 0 aliphatic rings. The SMILES string of the molecule is CCCCCCCCCN(C)C(C)(C)C. The van der Waals surface area contributed by atoms with E-state index in [2.05, 4.69) is 39.6 Å². The van der Waals surface area contributed by atoms with Gasteiger partial charge in [0.15, 0.2) is 0 Å². The molecule has 0 fully saturated rings. The van der Waals surface area contributed by atoms with Crippen LogP contribution >= 0.6 is 0 Å². The van der Waals surface area contributed by atoms with E-state index in [0.717, 1.165) is 0 Å². The molecule has 0 spiro atoms. The van der Waals surface area contributed by atoms with Crippen LogP contribution in [0, 0.1) is 0 Å². The summed E-state index contributed by atoms with van der Waals surface area (Å²) in [5.74, 6) is 0. The van der Waals surface area contributed by atoms with Gasteiger partial charge in [-0.2, -0.15) is 0 Å². The molecule has 0 saturated heterocycles. The van der Waals surface area contributed by atoms with E-state index in [9.17, 15) is 0 Å². The lowest BCUT2D eigenvalue weighted by molar-refractivity contribution is 0.172. The maximum atomic E-state index is 2.46. The van der Waals surface area contributed by atoms with Crippen LogP contribution in [-0.4, -0.2) is 24.0 Å². The van der Waals surface area contributed by atoms with Crippen LogP contribution in [0.1, 0.15) is 72.6 Å². The quantitative estimate of drug-likeness (QED) is 0.538. The van der Waals surface area contributed by atoms with Crippen molar-refractivity contribution in [2.75, 3.05) is 13.6 Å². The second kappa shape index (κ2) is 8.15. The van der Waals surface area contributed by atoms with Gasteiger partial charge >= 0.3 is 0 Å². The molecule has 0 aromatic heterocycles. The molecule has 0 radical (unpaired) electrons. The first-order valence-corrected chi connectivity index (χ1v) is 6.69. The summed E-state index contributed by atoms with van der Waals surface area (Å²) in [5.41, 5.74) is 0.336. The summed E-state index contributed by atoms with van der Waals surface area (Å²) >= 11 is 0. The Kier molecular flexibility index (Phi) is 8.13. The van der Waals surface area contributed by atoms with E-state index in [1.54, 1.807) is 0 Å². The molecule has 0 aliphatic carbocycles. The van der Waals surface area contributed by atoms with Crippen LogP contribution in [0.4, 0.5) is 0 Å². The lowest BCUT2D eigenvalue weighted by atomic mass is 10.1. The number of nitrogens with zero attached hydrogens (tertiary/aromatic N) is 1. The molecular formula is C14H31N. The zero-order valence-electron chi connectivity index (χ0n) is 11.6. The Morgan fingerprint density at radius 3 is 1.73 bits per heavy atom. The van der Waals surface area contributed by atoms with Crippen molar-refractivity contribution in [2.45, 2.75) is 78.2 Å². The third-order valence-electron chi connectivity index (χ3n) is 3.24. The molecule has 1 heteroatoms. The normalized spacial score (nSPS) is 12.4. The Bertz CT molecular complexity index is 135. The minimum atomic E-state index is 0.336. The maximum Gasteiger partial charge on any atom is 0.0122 e. The molecule has 0 saturated carbocycles. The van der Waals surface area contributed by atoms with Crippen LogP contribution < -0.4 is 0 Å². The van der Waals surface area contributed by atoms with Crippen molar-refractivity contribution in [3.63, 3.8) is 0 Å². The lowest BCUT2D eigenvalue weighted by Gasteiger charge is -2.31. The van der Waals surface area contributed by atoms with Gasteiger partial charge in [0, 0.05) is 5.54 Å². The molecule has 0 N–H and O–H groups in total. The Hall–Kier alpha value is -0.0400. The number of unbranched alkanes of at least 4 members (excludes halogenated alkanes) is 6. The van der Waals surface area contributed by atoms with Gasteiger partial charge < -0.3 is 4.90 Å². The fraction of sp³-hybridized carbons (Fsp3) is 1.00. The second-order valence-electron chi connectivity index (χ2n) is 5.71. The Labute approximate surface area is 97.2 Å². The molecular weight excluding hydrogens is 182 g/mol. The van der Waals surface area contributed by atoms with Gasteiger partial charge in [-0.3, -0.25) is 0 Å². The van der Waals surface area contributed by atoms with Crippen molar-refractivity contribution in [3.05, 3.63) is 0 Å². The van der Waals surface area contributed by atoms with Crippen molar-refractivity contribution >= 4 is 0 Å². The number of rotatable bonds is 8. The Morgan fingerprint density at radius 1 is 0.800 bits per heavy atom. The smallest absolute Gasteiger partial charge is 0.0122 e. The summed E-state index contributed by atoms with van der Waals surface area (Å²) in [7, 11) is 2.23. The van der Waals surface area contributed by atoms with Crippen LogP contribution in [0.2, 0.25) is 0 Å². The van der Waals surface area contributed by atoms with Crippen LogP contribution in [0.25, 0.3) is 0 Å². The van der Waals surface area contributed by atoms with Crippen LogP contribution in [0.5, 0.6) is 0 Å². The predicted molar refractivity (Wildman–Crippen MR) is 70.4 cm³/mol. The minimum absolute atomic E-state index is 0.336. The number of hydrogen-bond donors (Lipinski definition) is 0. The van der Waals surface area contributed by atoms with Crippen molar-refractivity contribution in [3.8, 4) is 0 Å². The molecule has 0 unspecified atom stereocenters. The van der Waals surface area contributed by atoms with Gasteiger partial charge in [0.1, 0.15) is 0 Å². The zero-order valence-corrected chi connectivity index (χ0v) is 11.6. The molecule has 0 aromatic rings. The average molecular weight is 213 g/mol. The highest BCUT2D eigenvalue weighted by molar-refractivity contribution is 4.72. The first-order valence-electron chi connectivity index (χ1n) is 6.69. The molecule has 0 amide bonds. The van der Waals surface area contributed by atoms with Crippen molar-refractivity contribution in [1.82, 2.24) is 4.90 Å². The molecule has 0 bridgehead atoms. The average Bonchev–Trinajstić information content (AvgIpc) is 2.14. The Morgan fingerprint density at radius 2 is 1.27 bits per heavy atom. The van der Waals surface area contributed by atoms with Gasteiger partial charge in [0.05, 0.1) is 0 Å². The van der Waals surface area contributed by atoms with E-state index < -0.39 is 0 Å². The molecule has 15 heavy (non-hydrogen) atoms. The molecule has 0 atom stereocenters. The summed E-state index contributed by atoms with van der Waals surface area (Å²) in [6, 6.07) is 0. The van der Waals surface area contributed by atoms with E-state index in [1.165, 1.54) is 51.5 Å². The Balaban J connectivity index is 3.24. The van der Waals surface area contributed by atoms with Gasteiger partial charge in [-0.15, -0.1) is 0 Å². The van der Waals surface area contributed by atoms with Gasteiger partial charge in [0.2, 0.25) is 0 Å². The lowest BCUT2D eigenvalue weighted by Crippen LogP contribution is -2.38. The van der Waals surface area contributed by atoms with Gasteiger partial charge in [0.25, 0.3) is 0 Å². The van der Waals surface area contributed by atoms with Crippen molar-refractivity contribution < 1.29 is 0 Å². The third kappa shape index (κ3) is 8.92. The number of hydrogen-bond acceptors (Lipinski definition) is 1. The highest BCUT2D eigenvalue weighted by atomic mass is 15.1. The first-order chi connectivity index (χ1) is 6.98. The summed E-state index contributed by atoms with van der Waals surface area (Å²) < 4.78 is 0. The van der Waals surface area contributed by atoms with E-state index in [1.807, 2.05) is 0 Å². The van der Waals surface area contributed by atoms with Crippen molar-refractivity contribution in [2.24, 2.45) is 0 Å². The monoisotopic (exact) mass is 213 g/mol. The molecule has 92 valence electrons. The van der Waals surface area contributed by atoms with Gasteiger partial charge in [-0.25, -0.2) is 0 Å². The third-order valence-corrected chi connectivity index (χ3v) is 3.24. The van der Waals surface area contributed by atoms with Gasteiger partial charge in [-0.1, -0.05) is 45.4 Å². The fourth-order valence-corrected chi connectivity index (χ4v) is 1.64. The van der Waals surface area contributed by atoms with Crippen molar-refractivity contribution in [1.29, 1.82) is 0 Å². The second-order valence-corrected chi connectivity index (χ2v) is 5.71. The fourth-order valence-electron chi connectivity index (χ4n) is 1.64. The first kappa shape index (κ1) is 15.0. The van der Waals surface area contributed by atoms with Crippen LogP contribution in [-0.2, 0) is 0 Å². The molecule has 0 aromatic carbocycles. The highest BCUT2D eigenvalue weighted by Crippen LogP contribution is 2.12. The van der Waals surface area contributed by atoms with E-state index in [4.69, 9.17) is 0 Å². The molecule has 0 aliphatic heterocycles. The molecule has 0 rings (SSSR count). The van der Waals surface area contributed by atoms with Crippen LogP contribution in [0.15, 0.2) is 0 Å². The molecule has 1 nitrogen and oxygen atoms in total. The predicted octanol–water partition coefficient (Wildman–Crippen LogP) is 4.47. The summed E-state index contributed by atoms with van der Waals surface area (Å²) in [6.45, 7) is 10.4. The summed E-state index contributed by atoms with van der Waals surface area (Å²) in [4.78, 5) is 2.46. The molecule has 0 heterocycles.